The molecule has 2 aromatic rings. The molecule has 0 bridgehead atoms. The van der Waals surface area contributed by atoms with E-state index in [4.69, 9.17) is 4.52 Å². The van der Waals surface area contributed by atoms with E-state index >= 15 is 0 Å². The van der Waals surface area contributed by atoms with Gasteiger partial charge in [0.25, 0.3) is 0 Å². The summed E-state index contributed by atoms with van der Waals surface area (Å²) in [6, 6.07) is 0. The summed E-state index contributed by atoms with van der Waals surface area (Å²) in [6.45, 7) is 6.34. The van der Waals surface area contributed by atoms with Gasteiger partial charge in [-0.25, -0.2) is 13.4 Å². The summed E-state index contributed by atoms with van der Waals surface area (Å²) in [5.41, 5.74) is 0.370. The molecule has 1 saturated heterocycles. The van der Waals surface area contributed by atoms with Gasteiger partial charge in [0.05, 0.1) is 0 Å². The molecule has 1 atom stereocenters. The maximum atomic E-state index is 13.2. The maximum absolute atomic E-state index is 13.2. The highest BCUT2D eigenvalue weighted by Gasteiger charge is 2.55. The number of H-pyrrole nitrogens is 1. The molecule has 1 N–H and O–H groups in total. The van der Waals surface area contributed by atoms with E-state index in [1.807, 2.05) is 0 Å². The number of aromatic nitrogens is 4. The Morgan fingerprint density at radius 3 is 2.69 bits per heavy atom. The summed E-state index contributed by atoms with van der Waals surface area (Å²) >= 11 is 0. The van der Waals surface area contributed by atoms with Crippen LogP contribution in [0.2, 0.25) is 0 Å². The number of aryl methyl sites for hydroxylation is 3. The minimum absolute atomic E-state index is 0.0355. The van der Waals surface area contributed by atoms with Crippen LogP contribution in [0.5, 0.6) is 0 Å². The van der Waals surface area contributed by atoms with Crippen LogP contribution in [-0.2, 0) is 16.4 Å². The second kappa shape index (κ2) is 6.16. The Morgan fingerprint density at radius 1 is 1.35 bits per heavy atom. The predicted octanol–water partition coefficient (Wildman–Crippen LogP) is 2.32. The van der Waals surface area contributed by atoms with Gasteiger partial charge in [-0.05, 0) is 38.5 Å². The molecule has 1 unspecified atom stereocenters. The minimum atomic E-state index is -3.64. The predicted molar refractivity (Wildman–Crippen MR) is 94.1 cm³/mol. The van der Waals surface area contributed by atoms with Crippen LogP contribution >= 0.6 is 0 Å². The van der Waals surface area contributed by atoms with Crippen LogP contribution in [-0.4, -0.2) is 46.2 Å². The second-order valence-corrected chi connectivity index (χ2v) is 9.48. The Morgan fingerprint density at radius 2 is 2.12 bits per heavy atom. The Bertz CT molecular complexity index is 893. The molecule has 2 aromatic heterocycles. The molecule has 1 aliphatic carbocycles. The van der Waals surface area contributed by atoms with Crippen molar-refractivity contribution >= 4 is 10.0 Å². The van der Waals surface area contributed by atoms with Crippen molar-refractivity contribution in [2.24, 2.45) is 5.41 Å². The van der Waals surface area contributed by atoms with Crippen LogP contribution in [0.3, 0.4) is 0 Å². The normalized spacial score (nSPS) is 22.8. The van der Waals surface area contributed by atoms with Crippen molar-refractivity contribution in [2.45, 2.75) is 63.7 Å². The summed E-state index contributed by atoms with van der Waals surface area (Å²) in [5, 5.41) is 11.2. The summed E-state index contributed by atoms with van der Waals surface area (Å²) in [7, 11) is -3.64. The van der Waals surface area contributed by atoms with Gasteiger partial charge < -0.3 is 4.52 Å². The summed E-state index contributed by atoms with van der Waals surface area (Å²) in [5.74, 6) is 2.01. The lowest BCUT2D eigenvalue weighted by atomic mass is 9.62. The lowest BCUT2D eigenvalue weighted by molar-refractivity contribution is 0.127. The number of hydrogen-bond acceptors (Lipinski definition) is 6. The maximum Gasteiger partial charge on any atom is 0.248 e. The van der Waals surface area contributed by atoms with Crippen molar-refractivity contribution in [1.82, 2.24) is 24.6 Å². The van der Waals surface area contributed by atoms with Crippen molar-refractivity contribution in [2.75, 3.05) is 13.1 Å². The van der Waals surface area contributed by atoms with Crippen molar-refractivity contribution in [3.63, 3.8) is 0 Å². The van der Waals surface area contributed by atoms with Crippen molar-refractivity contribution in [3.05, 3.63) is 23.1 Å². The summed E-state index contributed by atoms with van der Waals surface area (Å²) < 4.78 is 33.1. The zero-order chi connectivity index (χ0) is 18.5. The summed E-state index contributed by atoms with van der Waals surface area (Å²) in [6.07, 6.45) is 5.01. The third-order valence-electron chi connectivity index (χ3n) is 5.88. The molecule has 1 aliphatic heterocycles. The van der Waals surface area contributed by atoms with Crippen LogP contribution in [0.4, 0.5) is 0 Å². The highest BCUT2D eigenvalue weighted by atomic mass is 32.2. The quantitative estimate of drug-likeness (QED) is 0.855. The first kappa shape index (κ1) is 17.7. The highest BCUT2D eigenvalue weighted by Crippen LogP contribution is 2.56. The molecule has 26 heavy (non-hydrogen) atoms. The Balaban J connectivity index is 1.66. The van der Waals surface area contributed by atoms with Gasteiger partial charge in [0.2, 0.25) is 10.0 Å². The first-order chi connectivity index (χ1) is 12.4. The van der Waals surface area contributed by atoms with Crippen LogP contribution in [0.25, 0.3) is 0 Å². The van der Waals surface area contributed by atoms with E-state index in [-0.39, 0.29) is 16.2 Å². The zero-order valence-electron chi connectivity index (χ0n) is 15.4. The molecule has 9 heteroatoms. The largest absolute Gasteiger partial charge is 0.360 e. The van der Waals surface area contributed by atoms with Crippen LogP contribution in [0, 0.1) is 19.3 Å². The minimum Gasteiger partial charge on any atom is -0.360 e. The van der Waals surface area contributed by atoms with Gasteiger partial charge in [0, 0.05) is 25.4 Å². The van der Waals surface area contributed by atoms with Gasteiger partial charge in [-0.1, -0.05) is 18.5 Å². The molecule has 0 aromatic carbocycles. The number of nitrogens with zero attached hydrogens (tertiary/aromatic N) is 4. The monoisotopic (exact) mass is 379 g/mol. The Hall–Kier alpha value is -1.74. The number of hydrogen-bond donors (Lipinski definition) is 1. The van der Waals surface area contributed by atoms with Gasteiger partial charge in [0.15, 0.2) is 11.6 Å². The van der Waals surface area contributed by atoms with Crippen molar-refractivity contribution < 1.29 is 12.9 Å². The van der Waals surface area contributed by atoms with Gasteiger partial charge in [-0.15, -0.1) is 0 Å². The second-order valence-electron chi connectivity index (χ2n) is 7.61. The smallest absolute Gasteiger partial charge is 0.248 e. The third kappa shape index (κ3) is 2.60. The van der Waals surface area contributed by atoms with Gasteiger partial charge in [-0.2, -0.15) is 9.40 Å². The molecule has 4 rings (SSSR count). The van der Waals surface area contributed by atoms with Crippen LogP contribution in [0.15, 0.2) is 9.42 Å². The molecular formula is C17H25N5O3S. The molecule has 2 fully saturated rings. The summed E-state index contributed by atoms with van der Waals surface area (Å²) in [4.78, 5) is 4.86. The number of nitrogens with one attached hydrogen (secondary N) is 1. The third-order valence-corrected chi connectivity index (χ3v) is 7.94. The van der Waals surface area contributed by atoms with Gasteiger partial charge in [-0.3, -0.25) is 5.10 Å². The van der Waals surface area contributed by atoms with E-state index < -0.39 is 10.0 Å². The van der Waals surface area contributed by atoms with E-state index in [2.05, 4.69) is 27.3 Å². The first-order valence-electron chi connectivity index (χ1n) is 9.21. The van der Waals surface area contributed by atoms with Gasteiger partial charge >= 0.3 is 0 Å². The van der Waals surface area contributed by atoms with E-state index in [1.54, 1.807) is 18.2 Å². The topological polar surface area (TPSA) is 105 Å². The lowest BCUT2D eigenvalue weighted by Crippen LogP contribution is -2.38. The van der Waals surface area contributed by atoms with E-state index in [0.717, 1.165) is 43.8 Å². The number of sulfonamides is 1. The molecule has 1 saturated carbocycles. The van der Waals surface area contributed by atoms with E-state index in [1.165, 1.54) is 0 Å². The fourth-order valence-corrected chi connectivity index (χ4v) is 6.23. The van der Waals surface area contributed by atoms with Crippen LogP contribution in [0.1, 0.15) is 61.6 Å². The average molecular weight is 379 g/mol. The Kier molecular flexibility index (Phi) is 4.18. The molecule has 0 radical (unpaired) electrons. The van der Waals surface area contributed by atoms with E-state index in [9.17, 15) is 8.42 Å². The Labute approximate surface area is 153 Å². The number of rotatable bonds is 5. The molecule has 8 nitrogen and oxygen atoms in total. The van der Waals surface area contributed by atoms with Crippen molar-refractivity contribution in [1.29, 1.82) is 0 Å². The van der Waals surface area contributed by atoms with Gasteiger partial charge in [0.1, 0.15) is 16.4 Å². The lowest BCUT2D eigenvalue weighted by Gasteiger charge is -2.41. The number of aromatic amines is 1. The van der Waals surface area contributed by atoms with Crippen molar-refractivity contribution in [3.8, 4) is 0 Å². The standard InChI is InChI=1S/C17H25N5O3S/c1-4-6-14-18-16(20-19-14)13-9-22(10-17(13)7-5-8-17)26(23,24)15-11(2)21-25-12(15)3/h13H,4-10H2,1-3H3,(H,18,19,20). The molecule has 0 amide bonds. The molecule has 2 aliphatic rings. The molecule has 3 heterocycles. The average Bonchev–Trinajstić information content (AvgIpc) is 3.23. The first-order valence-corrected chi connectivity index (χ1v) is 10.7. The fraction of sp³-hybridized carbons (Fsp3) is 0.706. The molecule has 1 spiro atoms. The van der Waals surface area contributed by atoms with Crippen LogP contribution < -0.4 is 0 Å². The zero-order valence-corrected chi connectivity index (χ0v) is 16.3. The van der Waals surface area contributed by atoms with E-state index in [0.29, 0.717) is 24.5 Å². The highest BCUT2D eigenvalue weighted by molar-refractivity contribution is 7.89. The molecular weight excluding hydrogens is 354 g/mol. The molecule has 142 valence electrons. The fourth-order valence-electron chi connectivity index (χ4n) is 4.39. The SMILES string of the molecule is CCCc1nc(C2CN(S(=O)(=O)c3c(C)noc3C)CC23CCC3)n[nH]1.